The maximum atomic E-state index is 12.8. The number of fused-ring (bicyclic) bond motifs is 1. The number of benzene rings is 1. The van der Waals surface area contributed by atoms with E-state index in [1.807, 2.05) is 6.07 Å². The summed E-state index contributed by atoms with van der Waals surface area (Å²) < 4.78 is 27.0. The third-order valence-corrected chi connectivity index (χ3v) is 8.40. The van der Waals surface area contributed by atoms with Crippen molar-refractivity contribution in [2.24, 2.45) is 5.73 Å². The van der Waals surface area contributed by atoms with Gasteiger partial charge in [-0.15, -0.1) is 11.3 Å². The molecule has 4 rings (SSSR count). The molecular formula is C19H21N3O4S2. The number of carbonyl (C=O) groups is 2. The number of nitrogens with two attached hydrogens (primary N) is 1. The molecule has 0 unspecified atom stereocenters. The Kier molecular flexibility index (Phi) is 4.98. The number of hydrogen-bond donors (Lipinski definition) is 1. The number of piperazine rings is 1. The van der Waals surface area contributed by atoms with Crippen LogP contribution in [-0.4, -0.2) is 55.6 Å². The van der Waals surface area contributed by atoms with Gasteiger partial charge in [0.15, 0.2) is 0 Å². The predicted octanol–water partition coefficient (Wildman–Crippen LogP) is 1.48. The largest absolute Gasteiger partial charge is 0.366 e. The number of hydrogen-bond acceptors (Lipinski definition) is 5. The average molecular weight is 420 g/mol. The lowest BCUT2D eigenvalue weighted by atomic mass is 10.2. The van der Waals surface area contributed by atoms with Crippen LogP contribution in [0.4, 0.5) is 0 Å². The van der Waals surface area contributed by atoms with Crippen LogP contribution in [0, 0.1) is 0 Å². The van der Waals surface area contributed by atoms with Gasteiger partial charge in [-0.25, -0.2) is 8.42 Å². The molecule has 1 fully saturated rings. The quantitative estimate of drug-likeness (QED) is 0.811. The molecule has 2 aliphatic rings. The van der Waals surface area contributed by atoms with Crippen molar-refractivity contribution >= 4 is 33.2 Å². The summed E-state index contributed by atoms with van der Waals surface area (Å²) in [4.78, 5) is 27.8. The molecule has 9 heteroatoms. The molecule has 1 aromatic carbocycles. The maximum absolute atomic E-state index is 12.8. The highest BCUT2D eigenvalue weighted by Crippen LogP contribution is 2.31. The lowest BCUT2D eigenvalue weighted by molar-refractivity contribution is 0.0702. The summed E-state index contributed by atoms with van der Waals surface area (Å²) in [6, 6.07) is 7.59. The van der Waals surface area contributed by atoms with Crippen LogP contribution in [0.1, 0.15) is 36.9 Å². The van der Waals surface area contributed by atoms with Crippen molar-refractivity contribution in [1.29, 1.82) is 0 Å². The number of carbonyl (C=O) groups excluding carboxylic acids is 2. The summed E-state index contributed by atoms with van der Waals surface area (Å²) in [7, 11) is -3.67. The molecule has 2 amide bonds. The summed E-state index contributed by atoms with van der Waals surface area (Å²) in [5, 5.41) is 0. The van der Waals surface area contributed by atoms with E-state index in [1.54, 1.807) is 16.2 Å². The van der Waals surface area contributed by atoms with Gasteiger partial charge >= 0.3 is 0 Å². The van der Waals surface area contributed by atoms with Crippen LogP contribution in [0.15, 0.2) is 35.2 Å². The summed E-state index contributed by atoms with van der Waals surface area (Å²) >= 11 is 1.57. The summed E-state index contributed by atoms with van der Waals surface area (Å²) in [5.41, 5.74) is 6.74. The zero-order chi connectivity index (χ0) is 19.9. The first-order chi connectivity index (χ1) is 13.4. The van der Waals surface area contributed by atoms with Gasteiger partial charge in [-0.05, 0) is 55.2 Å². The minimum atomic E-state index is -3.67. The van der Waals surface area contributed by atoms with Crippen LogP contribution in [-0.2, 0) is 22.9 Å². The van der Waals surface area contributed by atoms with E-state index in [-0.39, 0.29) is 29.5 Å². The van der Waals surface area contributed by atoms with Crippen LogP contribution in [0.5, 0.6) is 0 Å². The average Bonchev–Trinajstić information content (AvgIpc) is 3.30. The Labute approximate surface area is 167 Å². The smallest absolute Gasteiger partial charge is 0.264 e. The second kappa shape index (κ2) is 7.31. The monoisotopic (exact) mass is 419 g/mol. The minimum Gasteiger partial charge on any atom is -0.366 e. The third-order valence-electron chi connectivity index (χ3n) is 5.26. The number of primary amides is 1. The van der Waals surface area contributed by atoms with Gasteiger partial charge in [0.25, 0.3) is 5.91 Å². The van der Waals surface area contributed by atoms with Gasteiger partial charge in [0.2, 0.25) is 15.9 Å². The molecule has 0 atom stereocenters. The zero-order valence-electron chi connectivity index (χ0n) is 15.3. The van der Waals surface area contributed by atoms with E-state index in [0.717, 1.165) is 24.1 Å². The predicted molar refractivity (Wildman–Crippen MR) is 106 cm³/mol. The molecule has 0 bridgehead atoms. The van der Waals surface area contributed by atoms with E-state index in [4.69, 9.17) is 5.73 Å². The van der Waals surface area contributed by atoms with E-state index in [1.165, 1.54) is 39.0 Å². The van der Waals surface area contributed by atoms with Gasteiger partial charge < -0.3 is 10.6 Å². The molecule has 2 aromatic rings. The third kappa shape index (κ3) is 3.45. The number of rotatable bonds is 4. The lowest BCUT2D eigenvalue weighted by Crippen LogP contribution is -2.50. The molecule has 1 aromatic heterocycles. The summed E-state index contributed by atoms with van der Waals surface area (Å²) in [5.74, 6) is -0.613. The van der Waals surface area contributed by atoms with Crippen molar-refractivity contribution in [2.45, 2.75) is 24.2 Å². The Bertz CT molecular complexity index is 998. The van der Waals surface area contributed by atoms with Crippen molar-refractivity contribution < 1.29 is 18.0 Å². The number of nitrogens with zero attached hydrogens (tertiary/aromatic N) is 2. The van der Waals surface area contributed by atoms with Crippen LogP contribution in [0.2, 0.25) is 0 Å². The molecule has 7 nitrogen and oxygen atoms in total. The number of amides is 2. The fourth-order valence-corrected chi connectivity index (χ4v) is 6.31. The summed E-state index contributed by atoms with van der Waals surface area (Å²) in [6.45, 7) is 1.22. The standard InChI is InChI=1S/C19H21N3O4S2/c20-18(23)13-4-6-15(7-5-13)28(25,26)22-10-8-21(9-11-22)19(24)17-12-14-2-1-3-16(14)27-17/h4-7,12H,1-3,8-11H2,(H2,20,23). The Morgan fingerprint density at radius 2 is 1.68 bits per heavy atom. The first-order valence-electron chi connectivity index (χ1n) is 9.17. The maximum Gasteiger partial charge on any atom is 0.264 e. The van der Waals surface area contributed by atoms with Crippen molar-refractivity contribution in [3.05, 3.63) is 51.2 Å². The van der Waals surface area contributed by atoms with Crippen molar-refractivity contribution in [1.82, 2.24) is 9.21 Å². The first-order valence-corrected chi connectivity index (χ1v) is 11.4. The first kappa shape index (κ1) is 19.1. The van der Waals surface area contributed by atoms with Crippen molar-refractivity contribution in [2.75, 3.05) is 26.2 Å². The van der Waals surface area contributed by atoms with E-state index < -0.39 is 15.9 Å². The van der Waals surface area contributed by atoms with Crippen LogP contribution >= 0.6 is 11.3 Å². The topological polar surface area (TPSA) is 101 Å². The molecule has 2 heterocycles. The van der Waals surface area contributed by atoms with E-state index in [2.05, 4.69) is 0 Å². The molecule has 0 radical (unpaired) electrons. The molecule has 148 valence electrons. The number of aryl methyl sites for hydroxylation is 2. The van der Waals surface area contributed by atoms with Gasteiger partial charge in [-0.3, -0.25) is 9.59 Å². The fraction of sp³-hybridized carbons (Fsp3) is 0.368. The molecule has 28 heavy (non-hydrogen) atoms. The van der Waals surface area contributed by atoms with E-state index in [0.29, 0.717) is 13.1 Å². The van der Waals surface area contributed by atoms with Crippen LogP contribution in [0.3, 0.4) is 0 Å². The molecule has 1 saturated heterocycles. The molecule has 0 saturated carbocycles. The Morgan fingerprint density at radius 3 is 2.29 bits per heavy atom. The number of thiophene rings is 1. The normalized spacial score (nSPS) is 17.5. The Balaban J connectivity index is 1.42. The van der Waals surface area contributed by atoms with E-state index in [9.17, 15) is 18.0 Å². The Morgan fingerprint density at radius 1 is 1.00 bits per heavy atom. The summed E-state index contributed by atoms with van der Waals surface area (Å²) in [6.07, 6.45) is 3.25. The van der Waals surface area contributed by atoms with Crippen molar-refractivity contribution in [3.8, 4) is 0 Å². The molecule has 0 spiro atoms. The molecular weight excluding hydrogens is 398 g/mol. The van der Waals surface area contributed by atoms with E-state index >= 15 is 0 Å². The van der Waals surface area contributed by atoms with Crippen LogP contribution in [0.25, 0.3) is 0 Å². The second-order valence-electron chi connectivity index (χ2n) is 7.00. The van der Waals surface area contributed by atoms with Gasteiger partial charge in [-0.2, -0.15) is 4.31 Å². The molecule has 2 N–H and O–H groups in total. The highest BCUT2D eigenvalue weighted by molar-refractivity contribution is 7.89. The van der Waals surface area contributed by atoms with Gasteiger partial charge in [0, 0.05) is 36.6 Å². The molecule has 1 aliphatic heterocycles. The lowest BCUT2D eigenvalue weighted by Gasteiger charge is -2.33. The second-order valence-corrected chi connectivity index (χ2v) is 10.1. The highest BCUT2D eigenvalue weighted by atomic mass is 32.2. The molecule has 1 aliphatic carbocycles. The SMILES string of the molecule is NC(=O)c1ccc(S(=O)(=O)N2CCN(C(=O)c3cc4c(s3)CCC4)CC2)cc1. The zero-order valence-corrected chi connectivity index (χ0v) is 16.9. The minimum absolute atomic E-state index is 0.0118. The fourth-order valence-electron chi connectivity index (χ4n) is 3.66. The highest BCUT2D eigenvalue weighted by Gasteiger charge is 2.31. The van der Waals surface area contributed by atoms with Crippen molar-refractivity contribution in [3.63, 3.8) is 0 Å². The van der Waals surface area contributed by atoms with Gasteiger partial charge in [0.05, 0.1) is 9.77 Å². The van der Waals surface area contributed by atoms with Gasteiger partial charge in [0.1, 0.15) is 0 Å². The van der Waals surface area contributed by atoms with Crippen LogP contribution < -0.4 is 5.73 Å². The number of sulfonamides is 1. The van der Waals surface area contributed by atoms with Gasteiger partial charge in [-0.1, -0.05) is 0 Å². The Hall–Kier alpha value is -2.23.